The van der Waals surface area contributed by atoms with Crippen molar-refractivity contribution in [2.24, 2.45) is 0 Å². The van der Waals surface area contributed by atoms with Gasteiger partial charge < -0.3 is 14.5 Å². The van der Waals surface area contributed by atoms with Crippen LogP contribution in [0.1, 0.15) is 27.6 Å². The molecule has 0 spiro atoms. The van der Waals surface area contributed by atoms with Crippen LogP contribution in [0.25, 0.3) is 0 Å². The number of hydrogen-bond donors (Lipinski definition) is 0. The molecule has 3 rings (SSSR count). The van der Waals surface area contributed by atoms with Gasteiger partial charge in [0.1, 0.15) is 11.4 Å². The van der Waals surface area contributed by atoms with Crippen molar-refractivity contribution in [3.05, 3.63) is 68.5 Å². The first-order valence-corrected chi connectivity index (χ1v) is 9.99. The Bertz CT molecular complexity index is 1090. The lowest BCUT2D eigenvalue weighted by Gasteiger charge is -2.36. The number of carbonyl (C=O) groups is 3. The first-order valence-electron chi connectivity index (χ1n) is 9.61. The Morgan fingerprint density at radius 1 is 1.12 bits per heavy atom. The molecule has 2 aromatic carbocycles. The van der Waals surface area contributed by atoms with Gasteiger partial charge in [-0.2, -0.15) is 0 Å². The zero-order chi connectivity index (χ0) is 23.4. The molecule has 0 N–H and O–H groups in total. The number of halogens is 2. The molecule has 0 aliphatic carbocycles. The van der Waals surface area contributed by atoms with Gasteiger partial charge in [0.2, 0.25) is 0 Å². The molecule has 2 aromatic rings. The Hall–Kier alpha value is -3.53. The number of rotatable bonds is 6. The number of nitrogens with zero attached hydrogens (tertiary/aromatic N) is 3. The van der Waals surface area contributed by atoms with Gasteiger partial charge in [0.15, 0.2) is 12.4 Å². The SMILES string of the molecule is CC(=O)c1ccc(N2CCN(C(=O)COC(=O)c3cc(Cl)ccc3[N+](=O)[O-])CC2)c(F)c1. The summed E-state index contributed by atoms with van der Waals surface area (Å²) < 4.78 is 19.3. The quantitative estimate of drug-likeness (QED) is 0.280. The van der Waals surface area contributed by atoms with Gasteiger partial charge >= 0.3 is 5.97 Å². The number of benzene rings is 2. The molecule has 1 heterocycles. The number of nitro groups is 1. The summed E-state index contributed by atoms with van der Waals surface area (Å²) in [5.74, 6) is -2.26. The van der Waals surface area contributed by atoms with E-state index in [1.807, 2.05) is 0 Å². The highest BCUT2D eigenvalue weighted by atomic mass is 35.5. The molecule has 1 fully saturated rings. The van der Waals surface area contributed by atoms with E-state index in [9.17, 15) is 28.9 Å². The molecule has 0 unspecified atom stereocenters. The molecule has 0 saturated carbocycles. The number of hydrogen-bond acceptors (Lipinski definition) is 7. The van der Waals surface area contributed by atoms with Crippen LogP contribution in [-0.2, 0) is 9.53 Å². The molecule has 1 aliphatic rings. The van der Waals surface area contributed by atoms with Crippen LogP contribution in [0.4, 0.5) is 15.8 Å². The highest BCUT2D eigenvalue weighted by molar-refractivity contribution is 6.31. The van der Waals surface area contributed by atoms with Crippen molar-refractivity contribution >= 4 is 40.6 Å². The summed E-state index contributed by atoms with van der Waals surface area (Å²) >= 11 is 5.80. The van der Waals surface area contributed by atoms with Crippen molar-refractivity contribution in [1.82, 2.24) is 4.90 Å². The van der Waals surface area contributed by atoms with Crippen LogP contribution in [0.15, 0.2) is 36.4 Å². The Morgan fingerprint density at radius 3 is 2.41 bits per heavy atom. The summed E-state index contributed by atoms with van der Waals surface area (Å²) in [5.41, 5.74) is -0.202. The maximum atomic E-state index is 14.4. The van der Waals surface area contributed by atoms with E-state index in [4.69, 9.17) is 16.3 Å². The highest BCUT2D eigenvalue weighted by Gasteiger charge is 2.26. The second kappa shape index (κ2) is 9.73. The first-order chi connectivity index (χ1) is 15.2. The van der Waals surface area contributed by atoms with Crippen molar-refractivity contribution in [2.45, 2.75) is 6.92 Å². The molecule has 9 nitrogen and oxygen atoms in total. The summed E-state index contributed by atoms with van der Waals surface area (Å²) in [6.45, 7) is 1.98. The van der Waals surface area contributed by atoms with Gasteiger partial charge in [0, 0.05) is 42.8 Å². The Labute approximate surface area is 187 Å². The molecule has 0 bridgehead atoms. The molecule has 168 valence electrons. The maximum Gasteiger partial charge on any atom is 0.345 e. The molecule has 1 saturated heterocycles. The van der Waals surface area contributed by atoms with Crippen LogP contribution >= 0.6 is 11.6 Å². The first kappa shape index (κ1) is 23.1. The van der Waals surface area contributed by atoms with E-state index in [-0.39, 0.29) is 35.0 Å². The average Bonchev–Trinajstić information content (AvgIpc) is 2.77. The summed E-state index contributed by atoms with van der Waals surface area (Å²) in [6.07, 6.45) is 0. The molecule has 1 amide bonds. The van der Waals surface area contributed by atoms with Crippen LogP contribution in [0, 0.1) is 15.9 Å². The second-order valence-corrected chi connectivity index (χ2v) is 7.52. The normalized spacial score (nSPS) is 13.6. The average molecular weight is 464 g/mol. The smallest absolute Gasteiger partial charge is 0.345 e. The fourth-order valence-electron chi connectivity index (χ4n) is 3.31. The number of anilines is 1. The fraction of sp³-hybridized carbons (Fsp3) is 0.286. The molecule has 0 aromatic heterocycles. The number of ketones is 1. The minimum Gasteiger partial charge on any atom is -0.452 e. The van der Waals surface area contributed by atoms with Crippen LogP contribution in [0.5, 0.6) is 0 Å². The zero-order valence-corrected chi connectivity index (χ0v) is 17.8. The second-order valence-electron chi connectivity index (χ2n) is 7.08. The van der Waals surface area contributed by atoms with E-state index in [0.29, 0.717) is 18.8 Å². The molecular weight excluding hydrogens is 445 g/mol. The van der Waals surface area contributed by atoms with E-state index < -0.39 is 34.9 Å². The number of ether oxygens (including phenoxy) is 1. The van der Waals surface area contributed by atoms with Gasteiger partial charge in [-0.3, -0.25) is 19.7 Å². The topological polar surface area (TPSA) is 110 Å². The summed E-state index contributed by atoms with van der Waals surface area (Å²) in [6, 6.07) is 7.73. The molecule has 0 atom stereocenters. The van der Waals surface area contributed by atoms with Gasteiger partial charge in [-0.25, -0.2) is 9.18 Å². The van der Waals surface area contributed by atoms with E-state index in [1.54, 1.807) is 11.0 Å². The fourth-order valence-corrected chi connectivity index (χ4v) is 3.48. The molecule has 32 heavy (non-hydrogen) atoms. The third kappa shape index (κ3) is 5.20. The van der Waals surface area contributed by atoms with E-state index >= 15 is 0 Å². The number of piperazine rings is 1. The summed E-state index contributed by atoms with van der Waals surface area (Å²) in [5, 5.41) is 11.2. The predicted octanol–water partition coefficient (Wildman–Crippen LogP) is 3.10. The van der Waals surface area contributed by atoms with Crippen LogP contribution in [0.3, 0.4) is 0 Å². The largest absolute Gasteiger partial charge is 0.452 e. The van der Waals surface area contributed by atoms with Crippen molar-refractivity contribution in [2.75, 3.05) is 37.7 Å². The van der Waals surface area contributed by atoms with E-state index in [1.165, 1.54) is 30.0 Å². The maximum absolute atomic E-state index is 14.4. The van der Waals surface area contributed by atoms with Crippen molar-refractivity contribution < 1.29 is 28.4 Å². The van der Waals surface area contributed by atoms with Crippen LogP contribution < -0.4 is 4.90 Å². The number of esters is 1. The van der Waals surface area contributed by atoms with Crippen LogP contribution in [0.2, 0.25) is 5.02 Å². The summed E-state index contributed by atoms with van der Waals surface area (Å²) in [7, 11) is 0. The lowest BCUT2D eigenvalue weighted by molar-refractivity contribution is -0.385. The lowest BCUT2D eigenvalue weighted by Crippen LogP contribution is -2.50. The Kier molecular flexibility index (Phi) is 7.04. The van der Waals surface area contributed by atoms with Gasteiger partial charge in [-0.1, -0.05) is 11.6 Å². The van der Waals surface area contributed by atoms with Gasteiger partial charge in [0.25, 0.3) is 11.6 Å². The Morgan fingerprint density at radius 2 is 1.81 bits per heavy atom. The van der Waals surface area contributed by atoms with Gasteiger partial charge in [0.05, 0.1) is 10.6 Å². The third-order valence-corrected chi connectivity index (χ3v) is 5.26. The number of amides is 1. The van der Waals surface area contributed by atoms with Crippen molar-refractivity contribution in [1.29, 1.82) is 0 Å². The third-order valence-electron chi connectivity index (χ3n) is 5.03. The number of nitro benzene ring substituents is 1. The Balaban J connectivity index is 1.56. The minimum absolute atomic E-state index is 0.119. The predicted molar refractivity (Wildman–Crippen MR) is 114 cm³/mol. The zero-order valence-electron chi connectivity index (χ0n) is 17.0. The van der Waals surface area contributed by atoms with E-state index in [0.717, 1.165) is 12.1 Å². The molecular formula is C21H19ClFN3O6. The molecule has 0 radical (unpaired) electrons. The minimum atomic E-state index is -1.03. The van der Waals surface area contributed by atoms with Gasteiger partial charge in [-0.05, 0) is 37.3 Å². The monoisotopic (exact) mass is 463 g/mol. The molecule has 1 aliphatic heterocycles. The van der Waals surface area contributed by atoms with Gasteiger partial charge in [-0.15, -0.1) is 0 Å². The van der Waals surface area contributed by atoms with Crippen molar-refractivity contribution in [3.63, 3.8) is 0 Å². The highest BCUT2D eigenvalue weighted by Crippen LogP contribution is 2.24. The summed E-state index contributed by atoms with van der Waals surface area (Å²) in [4.78, 5) is 49.6. The number of carbonyl (C=O) groups excluding carboxylic acids is 3. The lowest BCUT2D eigenvalue weighted by atomic mass is 10.1. The standard InChI is InChI=1S/C21H19ClFN3O6/c1-13(27)14-2-4-19(17(23)10-14)24-6-8-25(9-7-24)20(28)12-32-21(29)16-11-15(22)3-5-18(16)26(30)31/h2-5,10-11H,6-9,12H2,1H3. The van der Waals surface area contributed by atoms with Crippen LogP contribution in [-0.4, -0.2) is 60.3 Å². The number of Topliss-reactive ketones (excluding diaryl/α,β-unsaturated/α-hetero) is 1. The molecule has 11 heteroatoms. The van der Waals surface area contributed by atoms with Crippen molar-refractivity contribution in [3.8, 4) is 0 Å². The van der Waals surface area contributed by atoms with E-state index in [2.05, 4.69) is 0 Å².